The Morgan fingerprint density at radius 3 is 2.22 bits per heavy atom. The highest BCUT2D eigenvalue weighted by Gasteiger charge is 2.67. The molecular formula is C37H38O12. The van der Waals surface area contributed by atoms with E-state index in [9.17, 15) is 39.3 Å². The summed E-state index contributed by atoms with van der Waals surface area (Å²) >= 11 is 0. The van der Waals surface area contributed by atoms with Crippen LogP contribution in [0.3, 0.4) is 0 Å². The van der Waals surface area contributed by atoms with Crippen molar-refractivity contribution in [2.45, 2.75) is 107 Å². The van der Waals surface area contributed by atoms with Gasteiger partial charge in [-0.2, -0.15) is 0 Å². The summed E-state index contributed by atoms with van der Waals surface area (Å²) in [6, 6.07) is 2.84. The van der Waals surface area contributed by atoms with E-state index in [4.69, 9.17) is 18.9 Å². The molecule has 10 atom stereocenters. The van der Waals surface area contributed by atoms with Crippen LogP contribution < -0.4 is 0 Å². The van der Waals surface area contributed by atoms with E-state index in [1.54, 1.807) is 33.8 Å². The molecule has 7 rings (SSSR count). The summed E-state index contributed by atoms with van der Waals surface area (Å²) in [7, 11) is 0. The Labute approximate surface area is 282 Å². The maximum absolute atomic E-state index is 14.1. The van der Waals surface area contributed by atoms with Gasteiger partial charge in [0, 0.05) is 28.5 Å². The van der Waals surface area contributed by atoms with Crippen molar-refractivity contribution < 1.29 is 58.2 Å². The van der Waals surface area contributed by atoms with Gasteiger partial charge in [0.2, 0.25) is 0 Å². The highest BCUT2D eigenvalue weighted by atomic mass is 16.7. The molecule has 12 nitrogen and oxygen atoms in total. The third-order valence-corrected chi connectivity index (χ3v) is 10.9. The van der Waals surface area contributed by atoms with Gasteiger partial charge in [-0.3, -0.25) is 24.0 Å². The fourth-order valence-corrected chi connectivity index (χ4v) is 8.10. The molecule has 0 radical (unpaired) electrons. The van der Waals surface area contributed by atoms with Crippen LogP contribution in [-0.4, -0.2) is 92.2 Å². The van der Waals surface area contributed by atoms with Crippen LogP contribution in [0.5, 0.6) is 5.75 Å². The Kier molecular flexibility index (Phi) is 7.93. The van der Waals surface area contributed by atoms with Gasteiger partial charge in [0.05, 0.1) is 35.6 Å². The van der Waals surface area contributed by atoms with Crippen molar-refractivity contribution in [3.05, 3.63) is 76.4 Å². The zero-order valence-electron chi connectivity index (χ0n) is 27.5. The molecular weight excluding hydrogens is 636 g/mol. The Balaban J connectivity index is 1.15. The second-order valence-electron chi connectivity index (χ2n) is 14.2. The highest BCUT2D eigenvalue weighted by Crippen LogP contribution is 2.55. The normalized spacial score (nSPS) is 40.4. The lowest BCUT2D eigenvalue weighted by molar-refractivity contribution is -0.215. The molecule has 12 heteroatoms. The lowest BCUT2D eigenvalue weighted by Crippen LogP contribution is -2.69. The average molecular weight is 675 g/mol. The molecule has 0 bridgehead atoms. The predicted molar refractivity (Wildman–Crippen MR) is 170 cm³/mol. The summed E-state index contributed by atoms with van der Waals surface area (Å²) in [6.07, 6.45) is 4.31. The minimum atomic E-state index is -2.74. The quantitative estimate of drug-likeness (QED) is 0.425. The smallest absolute Gasteiger partial charge is 0.198 e. The average Bonchev–Trinajstić information content (AvgIpc) is 3.04. The van der Waals surface area contributed by atoms with E-state index in [-0.39, 0.29) is 52.8 Å². The standard InChI is InChI=1S/C37H38O12/c1-17-23(38)7-11-28(47-17)35(4)15-27(40)37(45)31-22(13-14-36(37,44)16-35)33(42)30-21(34(31)43)6-5-20(32(30)41)26-10-9-25(19(3)46-26)49-29-12-8-24(39)18(2)48-29/h5-8,11-14,17-19,25-26,28-29,41,44-45H,9-10,15-16H2,1-4H3/t17-,18-,19+,25-,26+,28+,29-,35-,36-,37-/m0/s1. The summed E-state index contributed by atoms with van der Waals surface area (Å²) in [4.78, 5) is 65.8. The first-order chi connectivity index (χ1) is 23.1. The van der Waals surface area contributed by atoms with E-state index in [2.05, 4.69) is 0 Å². The summed E-state index contributed by atoms with van der Waals surface area (Å²) in [6.45, 7) is 6.73. The molecule has 6 aliphatic rings. The van der Waals surface area contributed by atoms with Crippen LogP contribution in [0.2, 0.25) is 0 Å². The molecule has 49 heavy (non-hydrogen) atoms. The zero-order valence-corrected chi connectivity index (χ0v) is 27.5. The second-order valence-corrected chi connectivity index (χ2v) is 14.2. The van der Waals surface area contributed by atoms with Gasteiger partial charge in [0.25, 0.3) is 0 Å². The number of phenolic OH excluding ortho intramolecular Hbond substituents is 1. The number of allylic oxidation sites excluding steroid dienone is 2. The number of benzene rings is 1. The topological polar surface area (TPSA) is 183 Å². The summed E-state index contributed by atoms with van der Waals surface area (Å²) in [5.74, 6) is -3.34. The van der Waals surface area contributed by atoms with Crippen LogP contribution in [0.4, 0.5) is 0 Å². The van der Waals surface area contributed by atoms with E-state index >= 15 is 0 Å². The van der Waals surface area contributed by atoms with Gasteiger partial charge in [0.15, 0.2) is 40.8 Å². The number of carbonyl (C=O) groups is 5. The molecule has 3 aliphatic carbocycles. The molecule has 3 heterocycles. The number of phenols is 1. The molecule has 1 aromatic rings. The van der Waals surface area contributed by atoms with E-state index in [0.717, 1.165) is 6.08 Å². The SMILES string of the molecule is C[C@@H]1O[C@@H](O[C@H]2CC[C@H](c3ccc4c(c3O)C(=O)C3=C(C4=O)[C@@]4(O)C(=O)C[C@](C)([C@H]5C=CC(=O)[C@H](C)O5)C[C@@]4(O)C=C3)O[C@@H]2C)C=CC1=O. The third kappa shape index (κ3) is 5.07. The van der Waals surface area contributed by atoms with Crippen LogP contribution in [0.1, 0.15) is 85.8 Å². The Morgan fingerprint density at radius 1 is 0.857 bits per heavy atom. The van der Waals surface area contributed by atoms with Crippen LogP contribution in [0, 0.1) is 5.41 Å². The fraction of sp³-hybridized carbons (Fsp3) is 0.486. The molecule has 1 aromatic carbocycles. The monoisotopic (exact) mass is 674 g/mol. The van der Waals surface area contributed by atoms with Crippen molar-refractivity contribution in [1.82, 2.24) is 0 Å². The van der Waals surface area contributed by atoms with Crippen LogP contribution in [0.15, 0.2) is 59.7 Å². The molecule has 2 fully saturated rings. The van der Waals surface area contributed by atoms with Gasteiger partial charge in [-0.25, -0.2) is 0 Å². The molecule has 0 aromatic heterocycles. The number of hydrogen-bond acceptors (Lipinski definition) is 12. The van der Waals surface area contributed by atoms with E-state index in [1.165, 1.54) is 36.4 Å². The number of ether oxygens (including phenoxy) is 4. The minimum absolute atomic E-state index is 0.148. The maximum atomic E-state index is 14.1. The molecule has 0 spiro atoms. The van der Waals surface area contributed by atoms with Crippen molar-refractivity contribution in [2.24, 2.45) is 5.41 Å². The lowest BCUT2D eigenvalue weighted by Gasteiger charge is -2.54. The molecule has 3 aliphatic heterocycles. The number of aromatic hydroxyl groups is 1. The first-order valence-corrected chi connectivity index (χ1v) is 16.5. The van der Waals surface area contributed by atoms with E-state index in [0.29, 0.717) is 12.8 Å². The van der Waals surface area contributed by atoms with Gasteiger partial charge in [-0.15, -0.1) is 0 Å². The van der Waals surface area contributed by atoms with Gasteiger partial charge in [-0.05, 0) is 70.4 Å². The van der Waals surface area contributed by atoms with Gasteiger partial charge >= 0.3 is 0 Å². The molecule has 1 saturated carbocycles. The van der Waals surface area contributed by atoms with Crippen LogP contribution in [-0.2, 0) is 33.3 Å². The van der Waals surface area contributed by atoms with Crippen molar-refractivity contribution >= 4 is 28.9 Å². The third-order valence-electron chi connectivity index (χ3n) is 10.9. The second kappa shape index (κ2) is 11.6. The number of rotatable bonds is 4. The summed E-state index contributed by atoms with van der Waals surface area (Å²) < 4.78 is 23.7. The van der Waals surface area contributed by atoms with Crippen LogP contribution in [0.25, 0.3) is 0 Å². The first kappa shape index (κ1) is 33.6. The van der Waals surface area contributed by atoms with Gasteiger partial charge < -0.3 is 34.3 Å². The van der Waals surface area contributed by atoms with Crippen molar-refractivity contribution in [3.8, 4) is 5.75 Å². The number of Topliss-reactive ketones (excluding diaryl/α,β-unsaturated/α-hetero) is 3. The van der Waals surface area contributed by atoms with E-state index < -0.39 is 82.1 Å². The minimum Gasteiger partial charge on any atom is -0.507 e. The Bertz CT molecular complexity index is 1820. The molecule has 258 valence electrons. The summed E-state index contributed by atoms with van der Waals surface area (Å²) in [5.41, 5.74) is -7.10. The maximum Gasteiger partial charge on any atom is 0.198 e. The number of fused-ring (bicyclic) bond motifs is 3. The zero-order chi connectivity index (χ0) is 35.2. The molecule has 0 amide bonds. The Hall–Kier alpha value is -3.91. The van der Waals surface area contributed by atoms with Gasteiger partial charge in [-0.1, -0.05) is 25.1 Å². The number of ketones is 5. The number of hydrogen-bond donors (Lipinski definition) is 3. The van der Waals surface area contributed by atoms with E-state index in [1.807, 2.05) is 0 Å². The van der Waals surface area contributed by atoms with Crippen molar-refractivity contribution in [1.29, 1.82) is 0 Å². The molecule has 3 N–H and O–H groups in total. The largest absolute Gasteiger partial charge is 0.507 e. The molecule has 1 saturated heterocycles. The summed E-state index contributed by atoms with van der Waals surface area (Å²) in [5, 5.41) is 35.5. The fourth-order valence-electron chi connectivity index (χ4n) is 8.10. The number of aliphatic hydroxyl groups is 2. The Morgan fingerprint density at radius 2 is 1.55 bits per heavy atom. The first-order valence-electron chi connectivity index (χ1n) is 16.5. The van der Waals surface area contributed by atoms with Crippen LogP contribution >= 0.6 is 0 Å². The van der Waals surface area contributed by atoms with Crippen molar-refractivity contribution in [3.63, 3.8) is 0 Å². The van der Waals surface area contributed by atoms with Gasteiger partial charge in [0.1, 0.15) is 23.6 Å². The van der Waals surface area contributed by atoms with Crippen molar-refractivity contribution in [2.75, 3.05) is 0 Å². The molecule has 0 unspecified atom stereocenters. The lowest BCUT2D eigenvalue weighted by atomic mass is 9.53. The highest BCUT2D eigenvalue weighted by molar-refractivity contribution is 6.32. The number of carbonyl (C=O) groups excluding carboxylic acids is 5. The predicted octanol–water partition coefficient (Wildman–Crippen LogP) is 2.88.